The van der Waals surface area contributed by atoms with E-state index >= 15 is 0 Å². The smallest absolute Gasteiger partial charge is 0.255 e. The minimum Gasteiger partial charge on any atom is -0.440 e. The lowest BCUT2D eigenvalue weighted by Gasteiger charge is -1.89. The molecule has 0 aromatic carbocycles. The highest BCUT2D eigenvalue weighted by atomic mass is 32.2. The molecule has 0 unspecified atom stereocenters. The van der Waals surface area contributed by atoms with Gasteiger partial charge < -0.3 is 4.42 Å². The molecule has 13 heavy (non-hydrogen) atoms. The highest BCUT2D eigenvalue weighted by Gasteiger charge is 2.03. The number of aryl methyl sites for hydroxylation is 1. The minimum atomic E-state index is 0.674. The van der Waals surface area contributed by atoms with Gasteiger partial charge in [0.05, 0.1) is 11.9 Å². The molecule has 0 amide bonds. The predicted molar refractivity (Wildman–Crippen MR) is 50.7 cm³/mol. The molecule has 0 atom stereocenters. The summed E-state index contributed by atoms with van der Waals surface area (Å²) >= 11 is 3.12. The second kappa shape index (κ2) is 3.89. The lowest BCUT2D eigenvalue weighted by molar-refractivity contribution is 0.454. The summed E-state index contributed by atoms with van der Waals surface area (Å²) in [5.41, 5.74) is 0. The van der Waals surface area contributed by atoms with Gasteiger partial charge >= 0.3 is 0 Å². The van der Waals surface area contributed by atoms with Crippen LogP contribution in [0.2, 0.25) is 0 Å². The van der Waals surface area contributed by atoms with Gasteiger partial charge in [0.15, 0.2) is 0 Å². The monoisotopic (exact) mass is 213 g/mol. The van der Waals surface area contributed by atoms with E-state index in [1.807, 2.05) is 6.92 Å². The molecule has 0 saturated heterocycles. The van der Waals surface area contributed by atoms with Crippen LogP contribution in [0.15, 0.2) is 22.1 Å². The minimum absolute atomic E-state index is 0.674. The van der Waals surface area contributed by atoms with Gasteiger partial charge in [0.1, 0.15) is 16.3 Å². The van der Waals surface area contributed by atoms with E-state index in [9.17, 15) is 0 Å². The number of nitrogens with zero attached hydrogens (tertiary/aromatic N) is 3. The van der Waals surface area contributed by atoms with Crippen LogP contribution in [0.25, 0.3) is 0 Å². The largest absolute Gasteiger partial charge is 0.440 e. The molecule has 2 heterocycles. The second-order valence-corrected chi connectivity index (χ2v) is 4.49. The van der Waals surface area contributed by atoms with Gasteiger partial charge in [0, 0.05) is 0 Å². The molecule has 6 heteroatoms. The summed E-state index contributed by atoms with van der Waals surface area (Å²) in [6, 6.07) is 0. The molecule has 2 aromatic rings. The molecule has 0 radical (unpaired) electrons. The maximum absolute atomic E-state index is 5.07. The van der Waals surface area contributed by atoms with Crippen molar-refractivity contribution in [3.8, 4) is 0 Å². The van der Waals surface area contributed by atoms with Crippen LogP contribution in [0, 0.1) is 6.92 Å². The fourth-order valence-electron chi connectivity index (χ4n) is 0.801. The summed E-state index contributed by atoms with van der Waals surface area (Å²) in [6.07, 6.45) is 3.20. The SMILES string of the molecule is Cc1nnc(CSc2ncco2)s1. The van der Waals surface area contributed by atoms with Crippen LogP contribution in [-0.2, 0) is 5.75 Å². The van der Waals surface area contributed by atoms with Gasteiger partial charge in [-0.15, -0.1) is 21.5 Å². The van der Waals surface area contributed by atoms with E-state index in [1.54, 1.807) is 23.8 Å². The number of thioether (sulfide) groups is 1. The van der Waals surface area contributed by atoms with E-state index in [1.165, 1.54) is 11.8 Å². The van der Waals surface area contributed by atoms with Crippen LogP contribution in [0.1, 0.15) is 10.0 Å². The van der Waals surface area contributed by atoms with Crippen LogP contribution < -0.4 is 0 Å². The lowest BCUT2D eigenvalue weighted by Crippen LogP contribution is -1.78. The number of aromatic nitrogens is 3. The molecule has 0 aliphatic rings. The first-order valence-electron chi connectivity index (χ1n) is 3.66. The van der Waals surface area contributed by atoms with Gasteiger partial charge in [-0.3, -0.25) is 0 Å². The average molecular weight is 213 g/mol. The zero-order valence-electron chi connectivity index (χ0n) is 6.93. The summed E-state index contributed by atoms with van der Waals surface area (Å²) in [4.78, 5) is 3.99. The van der Waals surface area contributed by atoms with Crippen molar-refractivity contribution in [2.24, 2.45) is 0 Å². The summed E-state index contributed by atoms with van der Waals surface area (Å²) in [5, 5.41) is 10.6. The molecule has 0 N–H and O–H groups in total. The lowest BCUT2D eigenvalue weighted by atomic mass is 10.8. The van der Waals surface area contributed by atoms with Crippen molar-refractivity contribution < 1.29 is 4.42 Å². The van der Waals surface area contributed by atoms with E-state index in [0.29, 0.717) is 5.22 Å². The van der Waals surface area contributed by atoms with Crippen LogP contribution >= 0.6 is 23.1 Å². The van der Waals surface area contributed by atoms with Gasteiger partial charge in [-0.05, 0) is 6.92 Å². The summed E-state index contributed by atoms with van der Waals surface area (Å²) in [5.74, 6) is 0.770. The number of hydrogen-bond donors (Lipinski definition) is 0. The van der Waals surface area contributed by atoms with Crippen molar-refractivity contribution in [2.75, 3.05) is 0 Å². The zero-order chi connectivity index (χ0) is 9.10. The molecule has 4 nitrogen and oxygen atoms in total. The molecular formula is C7H7N3OS2. The molecule has 0 aliphatic carbocycles. The van der Waals surface area contributed by atoms with Gasteiger partial charge in [-0.25, -0.2) is 4.98 Å². The highest BCUT2D eigenvalue weighted by molar-refractivity contribution is 7.98. The van der Waals surface area contributed by atoms with Crippen molar-refractivity contribution in [2.45, 2.75) is 17.9 Å². The van der Waals surface area contributed by atoms with E-state index < -0.39 is 0 Å². The zero-order valence-corrected chi connectivity index (χ0v) is 8.56. The number of oxazole rings is 1. The molecule has 0 spiro atoms. The van der Waals surface area contributed by atoms with E-state index in [-0.39, 0.29) is 0 Å². The maximum atomic E-state index is 5.07. The third-order valence-corrected chi connectivity index (χ3v) is 3.18. The van der Waals surface area contributed by atoms with Crippen LogP contribution in [0.5, 0.6) is 0 Å². The maximum Gasteiger partial charge on any atom is 0.255 e. The number of rotatable bonds is 3. The Morgan fingerprint density at radius 2 is 2.46 bits per heavy atom. The predicted octanol–water partition coefficient (Wildman–Crippen LogP) is 2.13. The fraction of sp³-hybridized carbons (Fsp3) is 0.286. The molecule has 0 aliphatic heterocycles. The van der Waals surface area contributed by atoms with Gasteiger partial charge in [-0.1, -0.05) is 11.8 Å². The standard InChI is InChI=1S/C7H7N3OS2/c1-5-9-10-6(13-5)4-12-7-8-2-3-11-7/h2-3H,4H2,1H3. The normalized spacial score (nSPS) is 10.5. The summed E-state index contributed by atoms with van der Waals surface area (Å²) in [7, 11) is 0. The Balaban J connectivity index is 1.93. The Morgan fingerprint density at radius 1 is 1.54 bits per heavy atom. The van der Waals surface area contributed by atoms with Crippen LogP contribution in [-0.4, -0.2) is 15.2 Å². The average Bonchev–Trinajstić information content (AvgIpc) is 2.71. The van der Waals surface area contributed by atoms with Crippen molar-refractivity contribution in [3.63, 3.8) is 0 Å². The Morgan fingerprint density at radius 3 is 3.08 bits per heavy atom. The Bertz CT molecular complexity index is 371. The molecule has 0 saturated carbocycles. The fourth-order valence-corrected chi connectivity index (χ4v) is 2.28. The first-order valence-corrected chi connectivity index (χ1v) is 5.46. The molecule has 2 rings (SSSR count). The summed E-state index contributed by atoms with van der Waals surface area (Å²) in [6.45, 7) is 1.94. The highest BCUT2D eigenvalue weighted by Crippen LogP contribution is 2.22. The first kappa shape index (κ1) is 8.71. The Kier molecular flexibility index (Phi) is 2.60. The van der Waals surface area contributed by atoms with Gasteiger partial charge in [-0.2, -0.15) is 0 Å². The van der Waals surface area contributed by atoms with Crippen LogP contribution in [0.4, 0.5) is 0 Å². The van der Waals surface area contributed by atoms with E-state index in [0.717, 1.165) is 15.8 Å². The molecule has 68 valence electrons. The number of hydrogen-bond acceptors (Lipinski definition) is 6. The van der Waals surface area contributed by atoms with Crippen molar-refractivity contribution in [3.05, 3.63) is 22.5 Å². The van der Waals surface area contributed by atoms with Crippen molar-refractivity contribution >= 4 is 23.1 Å². The van der Waals surface area contributed by atoms with E-state index in [2.05, 4.69) is 15.2 Å². The molecule has 0 bridgehead atoms. The van der Waals surface area contributed by atoms with Crippen LogP contribution in [0.3, 0.4) is 0 Å². The van der Waals surface area contributed by atoms with E-state index in [4.69, 9.17) is 4.42 Å². The Hall–Kier alpha value is -0.880. The third kappa shape index (κ3) is 2.28. The Labute approximate surface area is 83.4 Å². The third-order valence-electron chi connectivity index (χ3n) is 1.30. The molecule has 2 aromatic heterocycles. The first-order chi connectivity index (χ1) is 6.34. The molecular weight excluding hydrogens is 206 g/mol. The second-order valence-electron chi connectivity index (χ2n) is 2.30. The van der Waals surface area contributed by atoms with Crippen molar-refractivity contribution in [1.82, 2.24) is 15.2 Å². The quantitative estimate of drug-likeness (QED) is 0.731. The van der Waals surface area contributed by atoms with Gasteiger partial charge in [0.2, 0.25) is 0 Å². The molecule has 0 fully saturated rings. The topological polar surface area (TPSA) is 51.8 Å². The van der Waals surface area contributed by atoms with Crippen molar-refractivity contribution in [1.29, 1.82) is 0 Å². The van der Waals surface area contributed by atoms with Gasteiger partial charge in [0.25, 0.3) is 5.22 Å². The summed E-state index contributed by atoms with van der Waals surface area (Å²) < 4.78 is 5.07.